The van der Waals surface area contributed by atoms with Gasteiger partial charge in [-0.3, -0.25) is 4.99 Å². The predicted octanol–water partition coefficient (Wildman–Crippen LogP) is 2.61. The quantitative estimate of drug-likeness (QED) is 0.347. The van der Waals surface area contributed by atoms with Crippen LogP contribution in [0.2, 0.25) is 0 Å². The van der Waals surface area contributed by atoms with E-state index in [9.17, 15) is 0 Å². The summed E-state index contributed by atoms with van der Waals surface area (Å²) in [6.45, 7) is 10.5. The molecule has 64 valence electrons. The molecule has 0 heterocycles. The molecular formula is C9H17NO. The average Bonchev–Trinajstić information content (AvgIpc) is 1.97. The van der Waals surface area contributed by atoms with Crippen LogP contribution < -0.4 is 0 Å². The zero-order chi connectivity index (χ0) is 8.69. The summed E-state index contributed by atoms with van der Waals surface area (Å²) >= 11 is 0. The van der Waals surface area contributed by atoms with E-state index in [1.807, 2.05) is 0 Å². The Hall–Kier alpha value is -0.790. The normalized spacial score (nSPS) is 11.8. The second kappa shape index (κ2) is 5.96. The van der Waals surface area contributed by atoms with Crippen LogP contribution in [0.3, 0.4) is 0 Å². The Morgan fingerprint density at radius 3 is 2.64 bits per heavy atom. The van der Waals surface area contributed by atoms with Crippen LogP contribution in [0, 0.1) is 5.92 Å². The van der Waals surface area contributed by atoms with Crippen LogP contribution in [0.1, 0.15) is 27.2 Å². The van der Waals surface area contributed by atoms with Gasteiger partial charge in [-0.25, -0.2) is 0 Å². The molecule has 0 radical (unpaired) electrons. The summed E-state index contributed by atoms with van der Waals surface area (Å²) in [4.78, 5) is 4.25. The van der Waals surface area contributed by atoms with Gasteiger partial charge in [-0.1, -0.05) is 27.4 Å². The van der Waals surface area contributed by atoms with Gasteiger partial charge in [-0.05, 0) is 6.42 Å². The maximum absolute atomic E-state index is 5.12. The molecule has 0 aromatic carbocycles. The molecule has 0 fully saturated rings. The minimum absolute atomic E-state index is 0.347. The smallest absolute Gasteiger partial charge is 0.191 e. The first-order valence-corrected chi connectivity index (χ1v) is 4.04. The molecular weight excluding hydrogens is 138 g/mol. The monoisotopic (exact) mass is 155 g/mol. The van der Waals surface area contributed by atoms with Gasteiger partial charge in [0.05, 0.1) is 6.26 Å². The van der Waals surface area contributed by atoms with Crippen LogP contribution in [0.25, 0.3) is 0 Å². The maximum atomic E-state index is 5.12. The highest BCUT2D eigenvalue weighted by atomic mass is 16.5. The molecule has 0 amide bonds. The van der Waals surface area contributed by atoms with E-state index >= 15 is 0 Å². The lowest BCUT2D eigenvalue weighted by Gasteiger charge is -2.07. The Morgan fingerprint density at radius 2 is 2.27 bits per heavy atom. The number of rotatable bonds is 4. The van der Waals surface area contributed by atoms with E-state index in [-0.39, 0.29) is 0 Å². The van der Waals surface area contributed by atoms with E-state index in [0.29, 0.717) is 5.92 Å². The van der Waals surface area contributed by atoms with Crippen molar-refractivity contribution in [1.82, 2.24) is 0 Å². The Kier molecular flexibility index (Phi) is 5.53. The van der Waals surface area contributed by atoms with Crippen LogP contribution in [0.15, 0.2) is 17.8 Å². The first-order valence-electron chi connectivity index (χ1n) is 4.04. The van der Waals surface area contributed by atoms with Crippen molar-refractivity contribution in [1.29, 1.82) is 0 Å². The second-order valence-electron chi connectivity index (χ2n) is 2.66. The summed E-state index contributed by atoms with van der Waals surface area (Å²) in [6.07, 6.45) is 2.48. The number of hydrogen-bond donors (Lipinski definition) is 0. The fourth-order valence-corrected chi connectivity index (χ4v) is 0.663. The van der Waals surface area contributed by atoms with Gasteiger partial charge in [0, 0.05) is 12.5 Å². The van der Waals surface area contributed by atoms with Crippen molar-refractivity contribution in [3.63, 3.8) is 0 Å². The second-order valence-corrected chi connectivity index (χ2v) is 2.66. The minimum atomic E-state index is 0.347. The lowest BCUT2D eigenvalue weighted by molar-refractivity contribution is 0.435. The molecule has 0 unspecified atom stereocenters. The highest BCUT2D eigenvalue weighted by Gasteiger charge is 2.03. The minimum Gasteiger partial charge on any atom is -0.451 e. The SMILES string of the molecule is C=CO/C(=N\CCC)C(C)C. The molecule has 0 aliphatic carbocycles. The summed E-state index contributed by atoms with van der Waals surface area (Å²) in [5.74, 6) is 1.13. The molecule has 0 saturated carbocycles. The third-order valence-corrected chi connectivity index (χ3v) is 1.19. The Balaban J connectivity index is 3.96. The summed E-state index contributed by atoms with van der Waals surface area (Å²) in [5.41, 5.74) is 0. The van der Waals surface area contributed by atoms with Crippen LogP contribution in [0.5, 0.6) is 0 Å². The highest BCUT2D eigenvalue weighted by Crippen LogP contribution is 1.99. The van der Waals surface area contributed by atoms with Gasteiger partial charge in [0.15, 0.2) is 5.90 Å². The molecule has 2 nitrogen and oxygen atoms in total. The summed E-state index contributed by atoms with van der Waals surface area (Å²) in [6, 6.07) is 0. The van der Waals surface area contributed by atoms with Crippen molar-refractivity contribution >= 4 is 5.90 Å². The van der Waals surface area contributed by atoms with E-state index in [1.165, 1.54) is 6.26 Å². The lowest BCUT2D eigenvalue weighted by atomic mass is 10.2. The number of hydrogen-bond acceptors (Lipinski definition) is 2. The Bertz CT molecular complexity index is 138. The first-order chi connectivity index (χ1) is 5.22. The van der Waals surface area contributed by atoms with Crippen molar-refractivity contribution in [2.24, 2.45) is 10.9 Å². The molecule has 0 saturated heterocycles. The van der Waals surface area contributed by atoms with Crippen molar-refractivity contribution < 1.29 is 4.74 Å². The summed E-state index contributed by atoms with van der Waals surface area (Å²) in [5, 5.41) is 0. The predicted molar refractivity (Wildman–Crippen MR) is 48.7 cm³/mol. The van der Waals surface area contributed by atoms with Gasteiger partial charge >= 0.3 is 0 Å². The molecule has 0 aromatic heterocycles. The molecule has 0 spiro atoms. The molecule has 0 rings (SSSR count). The maximum Gasteiger partial charge on any atom is 0.191 e. The lowest BCUT2D eigenvalue weighted by Crippen LogP contribution is -2.09. The topological polar surface area (TPSA) is 21.6 Å². The molecule has 0 aromatic rings. The van der Waals surface area contributed by atoms with Crippen LogP contribution >= 0.6 is 0 Å². The van der Waals surface area contributed by atoms with Crippen molar-refractivity contribution in [3.05, 3.63) is 12.8 Å². The van der Waals surface area contributed by atoms with Gasteiger partial charge in [0.2, 0.25) is 0 Å². The van der Waals surface area contributed by atoms with Crippen molar-refractivity contribution in [2.45, 2.75) is 27.2 Å². The van der Waals surface area contributed by atoms with Crippen molar-refractivity contribution in [2.75, 3.05) is 6.54 Å². The van der Waals surface area contributed by atoms with E-state index in [4.69, 9.17) is 4.74 Å². The number of nitrogens with zero attached hydrogens (tertiary/aromatic N) is 1. The average molecular weight is 155 g/mol. The fourth-order valence-electron chi connectivity index (χ4n) is 0.663. The van der Waals surface area contributed by atoms with Gasteiger partial charge in [0.1, 0.15) is 0 Å². The van der Waals surface area contributed by atoms with Gasteiger partial charge in [-0.2, -0.15) is 0 Å². The van der Waals surface area contributed by atoms with Gasteiger partial charge in [-0.15, -0.1) is 0 Å². The van der Waals surface area contributed by atoms with Gasteiger partial charge in [0.25, 0.3) is 0 Å². The molecule has 0 bridgehead atoms. The Labute approximate surface area is 69.0 Å². The van der Waals surface area contributed by atoms with Crippen molar-refractivity contribution in [3.8, 4) is 0 Å². The molecule has 2 heteroatoms. The summed E-state index contributed by atoms with van der Waals surface area (Å²) in [7, 11) is 0. The van der Waals surface area contributed by atoms with E-state index < -0.39 is 0 Å². The third kappa shape index (κ3) is 4.59. The largest absolute Gasteiger partial charge is 0.451 e. The van der Waals surface area contributed by atoms with Crippen LogP contribution in [-0.2, 0) is 4.74 Å². The van der Waals surface area contributed by atoms with Crippen LogP contribution in [0.4, 0.5) is 0 Å². The molecule has 0 aliphatic rings. The zero-order valence-corrected chi connectivity index (χ0v) is 7.63. The zero-order valence-electron chi connectivity index (χ0n) is 7.63. The third-order valence-electron chi connectivity index (χ3n) is 1.19. The Morgan fingerprint density at radius 1 is 1.64 bits per heavy atom. The number of ether oxygens (including phenoxy) is 1. The van der Waals surface area contributed by atoms with Gasteiger partial charge < -0.3 is 4.74 Å². The molecule has 0 atom stereocenters. The standard InChI is InChI=1S/C9H17NO/c1-5-7-10-9(8(3)4)11-6-2/h6,8H,2,5,7H2,1,3-4H3/b10-9-. The van der Waals surface area contributed by atoms with E-state index in [1.54, 1.807) is 0 Å². The first kappa shape index (κ1) is 10.2. The molecule has 11 heavy (non-hydrogen) atoms. The molecule has 0 aliphatic heterocycles. The van der Waals surface area contributed by atoms with Crippen LogP contribution in [-0.4, -0.2) is 12.4 Å². The molecule has 0 N–H and O–H groups in total. The van der Waals surface area contributed by atoms with E-state index in [0.717, 1.165) is 18.9 Å². The number of aliphatic imine (C=N–C) groups is 1. The summed E-state index contributed by atoms with van der Waals surface area (Å²) < 4.78 is 5.12. The van der Waals surface area contributed by atoms with E-state index in [2.05, 4.69) is 32.3 Å². The fraction of sp³-hybridized carbons (Fsp3) is 0.667. The highest BCUT2D eigenvalue weighted by molar-refractivity contribution is 5.78.